The number of methoxy groups -OCH3 is 1. The summed E-state index contributed by atoms with van der Waals surface area (Å²) < 4.78 is 49.9. The number of sulfone groups is 1. The lowest BCUT2D eigenvalue weighted by Crippen LogP contribution is -2.24. The van der Waals surface area contributed by atoms with E-state index in [9.17, 15) is 12.8 Å². The van der Waals surface area contributed by atoms with Gasteiger partial charge in [-0.05, 0) is 67.1 Å². The third-order valence-electron chi connectivity index (χ3n) is 7.51. The van der Waals surface area contributed by atoms with Crippen LogP contribution in [-0.4, -0.2) is 54.3 Å². The van der Waals surface area contributed by atoms with E-state index in [-0.39, 0.29) is 23.2 Å². The third kappa shape index (κ3) is 8.67. The maximum absolute atomic E-state index is 13.5. The highest BCUT2D eigenvalue weighted by molar-refractivity contribution is 7.91. The van der Waals surface area contributed by atoms with E-state index in [0.29, 0.717) is 52.2 Å². The number of pyridine rings is 1. The minimum Gasteiger partial charge on any atom is -0.496 e. The Kier molecular flexibility index (Phi) is 10.9. The lowest BCUT2D eigenvalue weighted by atomic mass is 10.1. The Labute approximate surface area is 292 Å². The van der Waals surface area contributed by atoms with E-state index in [2.05, 4.69) is 25.6 Å². The molecule has 6 rings (SSSR count). The normalized spacial score (nSPS) is 11.5. The zero-order chi connectivity index (χ0) is 34.2. The maximum Gasteiger partial charge on any atom is 0.196 e. The molecule has 252 valence electrons. The molecule has 0 saturated carbocycles. The first kappa shape index (κ1) is 34.2. The van der Waals surface area contributed by atoms with Crippen molar-refractivity contribution in [3.63, 3.8) is 0 Å². The van der Waals surface area contributed by atoms with Gasteiger partial charge in [0.05, 0.1) is 34.1 Å². The fraction of sp³-hybridized carbons (Fsp3) is 0.200. The van der Waals surface area contributed by atoms with Gasteiger partial charge in [0, 0.05) is 47.2 Å². The highest BCUT2D eigenvalue weighted by Gasteiger charge is 2.17. The molecular weight excluding hydrogens is 687 g/mol. The van der Waals surface area contributed by atoms with E-state index in [0.717, 1.165) is 34.5 Å². The zero-order valence-electron chi connectivity index (χ0n) is 26.4. The summed E-state index contributed by atoms with van der Waals surface area (Å²) in [5.41, 5.74) is 3.65. The van der Waals surface area contributed by atoms with Crippen LogP contribution in [0, 0.1) is 5.82 Å². The number of nitrogens with one attached hydrogen (secondary N) is 2. The lowest BCUT2D eigenvalue weighted by molar-refractivity contribution is 0.306. The molecular formula is C35H32ClFN6O4S2. The van der Waals surface area contributed by atoms with Gasteiger partial charge in [0.2, 0.25) is 0 Å². The van der Waals surface area contributed by atoms with Crippen molar-refractivity contribution < 1.29 is 22.3 Å². The molecule has 0 radical (unpaired) electrons. The van der Waals surface area contributed by atoms with Crippen LogP contribution in [0.1, 0.15) is 17.0 Å². The van der Waals surface area contributed by atoms with Crippen LogP contribution < -0.4 is 20.1 Å². The number of fused-ring (bicyclic) bond motifs is 1. The van der Waals surface area contributed by atoms with Gasteiger partial charge in [0.1, 0.15) is 36.1 Å². The molecule has 0 fully saturated rings. The summed E-state index contributed by atoms with van der Waals surface area (Å²) in [6.07, 6.45) is 4.49. The summed E-state index contributed by atoms with van der Waals surface area (Å²) in [5.74, 6) is 1.34. The van der Waals surface area contributed by atoms with Crippen molar-refractivity contribution in [2.75, 3.05) is 31.3 Å². The van der Waals surface area contributed by atoms with Gasteiger partial charge in [-0.3, -0.25) is 0 Å². The Morgan fingerprint density at radius 3 is 2.65 bits per heavy atom. The predicted octanol–water partition coefficient (Wildman–Crippen LogP) is 7.27. The van der Waals surface area contributed by atoms with E-state index >= 15 is 0 Å². The molecule has 2 N–H and O–H groups in total. The highest BCUT2D eigenvalue weighted by atomic mass is 35.5. The van der Waals surface area contributed by atoms with Crippen LogP contribution in [0.25, 0.3) is 22.2 Å². The summed E-state index contributed by atoms with van der Waals surface area (Å²) in [4.78, 5) is 17.8. The quantitative estimate of drug-likeness (QED) is 0.105. The number of hydrogen-bond acceptors (Lipinski definition) is 11. The molecule has 0 saturated heterocycles. The van der Waals surface area contributed by atoms with Crippen molar-refractivity contribution in [2.24, 2.45) is 0 Å². The smallest absolute Gasteiger partial charge is 0.196 e. The number of benzene rings is 3. The second kappa shape index (κ2) is 15.7. The number of aryl methyl sites for hydroxylation is 1. The predicted molar refractivity (Wildman–Crippen MR) is 190 cm³/mol. The van der Waals surface area contributed by atoms with Gasteiger partial charge in [-0.1, -0.05) is 29.8 Å². The zero-order valence-corrected chi connectivity index (χ0v) is 28.8. The number of hydrogen-bond donors (Lipinski definition) is 2. The van der Waals surface area contributed by atoms with E-state index in [1.165, 1.54) is 30.7 Å². The van der Waals surface area contributed by atoms with Crippen molar-refractivity contribution in [1.82, 2.24) is 25.3 Å². The van der Waals surface area contributed by atoms with Gasteiger partial charge >= 0.3 is 0 Å². The van der Waals surface area contributed by atoms with Crippen molar-refractivity contribution in [2.45, 2.75) is 24.5 Å². The first-order chi connectivity index (χ1) is 23.8. The van der Waals surface area contributed by atoms with Crippen molar-refractivity contribution in [3.05, 3.63) is 112 Å². The lowest BCUT2D eigenvalue weighted by Gasteiger charge is -2.13. The largest absolute Gasteiger partial charge is 0.496 e. The van der Waals surface area contributed by atoms with Gasteiger partial charge in [-0.25, -0.2) is 32.7 Å². The summed E-state index contributed by atoms with van der Waals surface area (Å²) in [7, 11) is -1.81. The average Bonchev–Trinajstić information content (AvgIpc) is 3.58. The molecule has 6 aromatic rings. The Bertz CT molecular complexity index is 2170. The summed E-state index contributed by atoms with van der Waals surface area (Å²) in [6, 6.07) is 20.2. The minimum absolute atomic E-state index is 0.0154. The number of rotatable bonds is 15. The molecule has 0 amide bonds. The van der Waals surface area contributed by atoms with E-state index in [4.69, 9.17) is 26.1 Å². The van der Waals surface area contributed by atoms with Crippen molar-refractivity contribution >= 4 is 55.2 Å². The summed E-state index contributed by atoms with van der Waals surface area (Å²) in [6.45, 7) is 1.18. The molecule has 0 unspecified atom stereocenters. The fourth-order valence-electron chi connectivity index (χ4n) is 5.05. The Hall–Kier alpha value is -4.69. The second-order valence-electron chi connectivity index (χ2n) is 10.9. The van der Waals surface area contributed by atoms with E-state index < -0.39 is 9.84 Å². The molecule has 0 aliphatic rings. The Morgan fingerprint density at radius 2 is 1.86 bits per heavy atom. The first-order valence-corrected chi connectivity index (χ1v) is 18.3. The van der Waals surface area contributed by atoms with Gasteiger partial charge in [-0.15, -0.1) is 11.3 Å². The molecule has 3 aromatic heterocycles. The summed E-state index contributed by atoms with van der Waals surface area (Å²) in [5, 5.41) is 10.7. The molecule has 0 aliphatic carbocycles. The second-order valence-corrected chi connectivity index (χ2v) is 14.4. The fourth-order valence-corrected chi connectivity index (χ4v) is 7.26. The van der Waals surface area contributed by atoms with Gasteiger partial charge < -0.3 is 20.1 Å². The van der Waals surface area contributed by atoms with Crippen LogP contribution in [0.3, 0.4) is 0 Å². The van der Waals surface area contributed by atoms with Crippen LogP contribution in [0.2, 0.25) is 5.02 Å². The highest BCUT2D eigenvalue weighted by Crippen LogP contribution is 2.37. The SMILES string of the molecule is COc1cc2ncnc(Nc3ccc(OCc4cccc(F)c4)c(Cl)c3)c2cc1-c1csc(CCCNCCS(=O)(=O)c2ccccn2)n1. The molecule has 14 heteroatoms. The molecule has 0 spiro atoms. The van der Waals surface area contributed by atoms with Gasteiger partial charge in [-0.2, -0.15) is 0 Å². The first-order valence-electron chi connectivity index (χ1n) is 15.3. The van der Waals surface area contributed by atoms with Crippen LogP contribution in [0.4, 0.5) is 15.9 Å². The van der Waals surface area contributed by atoms with E-state index in [1.54, 1.807) is 54.8 Å². The van der Waals surface area contributed by atoms with Crippen molar-refractivity contribution in [3.8, 4) is 22.8 Å². The third-order valence-corrected chi connectivity index (χ3v) is 10.3. The van der Waals surface area contributed by atoms with Crippen LogP contribution in [0.5, 0.6) is 11.5 Å². The average molecular weight is 719 g/mol. The number of halogens is 2. The number of nitrogens with zero attached hydrogens (tertiary/aromatic N) is 4. The number of anilines is 2. The minimum atomic E-state index is -3.42. The summed E-state index contributed by atoms with van der Waals surface area (Å²) >= 11 is 8.09. The maximum atomic E-state index is 13.5. The van der Waals surface area contributed by atoms with E-state index in [1.807, 2.05) is 23.6 Å². The molecule has 0 atom stereocenters. The molecule has 49 heavy (non-hydrogen) atoms. The standard InChI is InChI=1S/C35H32ClFN6O4S2/c1-46-32-19-29-27(35(41-22-40-29)42-25-10-11-31(28(36)17-25)47-20-23-6-4-7-24(37)16-23)18-26(32)30-21-48-33(43-30)8-5-12-38-14-15-49(44,45)34-9-2-3-13-39-34/h2-4,6-7,9-11,13,16-19,21-22,38H,5,8,12,14-15,20H2,1H3,(H,40,41,42). The topological polar surface area (TPSA) is 128 Å². The Morgan fingerprint density at radius 1 is 0.959 bits per heavy atom. The van der Waals surface area contributed by atoms with Gasteiger partial charge in [0.15, 0.2) is 14.9 Å². The number of thiazole rings is 1. The molecule has 3 aromatic carbocycles. The van der Waals surface area contributed by atoms with Crippen LogP contribution in [0.15, 0.2) is 95.7 Å². The molecule has 0 aliphatic heterocycles. The number of aromatic nitrogens is 4. The monoisotopic (exact) mass is 718 g/mol. The molecule has 0 bridgehead atoms. The van der Waals surface area contributed by atoms with Crippen molar-refractivity contribution in [1.29, 1.82) is 0 Å². The molecule has 3 heterocycles. The Balaban J connectivity index is 1.10. The molecule has 10 nitrogen and oxygen atoms in total. The van der Waals surface area contributed by atoms with Crippen LogP contribution in [-0.2, 0) is 22.9 Å². The number of ether oxygens (including phenoxy) is 2. The van der Waals surface area contributed by atoms with Crippen LogP contribution >= 0.6 is 22.9 Å². The van der Waals surface area contributed by atoms with Gasteiger partial charge in [0.25, 0.3) is 0 Å².